The quantitative estimate of drug-likeness (QED) is 0.481. The number of nitrogens with two attached hydrogens (primary N) is 1. The van der Waals surface area contributed by atoms with E-state index in [2.05, 4.69) is 15.4 Å². The van der Waals surface area contributed by atoms with Gasteiger partial charge in [0.1, 0.15) is 11.5 Å². The summed E-state index contributed by atoms with van der Waals surface area (Å²) in [5.41, 5.74) is -2.23. The van der Waals surface area contributed by atoms with Crippen LogP contribution in [0.1, 0.15) is 30.3 Å². The van der Waals surface area contributed by atoms with Crippen LogP contribution in [0.3, 0.4) is 0 Å². The summed E-state index contributed by atoms with van der Waals surface area (Å²) < 4.78 is 91.5. The molecule has 3 heterocycles. The van der Waals surface area contributed by atoms with Crippen LogP contribution >= 0.6 is 0 Å². The van der Waals surface area contributed by atoms with E-state index in [-0.39, 0.29) is 37.0 Å². The second-order valence-corrected chi connectivity index (χ2v) is 9.91. The zero-order valence-electron chi connectivity index (χ0n) is 17.8. The Labute approximate surface area is 191 Å². The fraction of sp³-hybridized carbons (Fsp3) is 0.400. The lowest BCUT2D eigenvalue weighted by atomic mass is 9.69. The molecule has 0 saturated carbocycles. The van der Waals surface area contributed by atoms with Crippen LogP contribution in [0.25, 0.3) is 5.65 Å². The minimum absolute atomic E-state index is 0.0865. The summed E-state index contributed by atoms with van der Waals surface area (Å²) in [5.74, 6) is -0.295. The SMILES string of the molecule is CC(CNc1cc(C(F)F)nc2cc(C(F)(F)F)nn12)(c1ccccc1)C1CN(S(N)(=O)=O)C1. The van der Waals surface area contributed by atoms with Crippen molar-refractivity contribution in [2.75, 3.05) is 25.0 Å². The minimum atomic E-state index is -4.78. The van der Waals surface area contributed by atoms with Gasteiger partial charge in [-0.2, -0.15) is 35.5 Å². The molecule has 0 radical (unpaired) electrons. The third-order valence-corrected chi connectivity index (χ3v) is 7.16. The van der Waals surface area contributed by atoms with Crippen molar-refractivity contribution in [2.45, 2.75) is 24.9 Å². The van der Waals surface area contributed by atoms with Gasteiger partial charge in [0, 0.05) is 37.2 Å². The normalized spacial score (nSPS) is 17.6. The maximum Gasteiger partial charge on any atom is 0.435 e. The van der Waals surface area contributed by atoms with Crippen LogP contribution in [-0.4, -0.2) is 47.0 Å². The van der Waals surface area contributed by atoms with E-state index in [9.17, 15) is 30.4 Å². The number of rotatable bonds is 7. The van der Waals surface area contributed by atoms with E-state index in [4.69, 9.17) is 5.14 Å². The molecule has 8 nitrogen and oxygen atoms in total. The van der Waals surface area contributed by atoms with Crippen LogP contribution in [0.2, 0.25) is 0 Å². The van der Waals surface area contributed by atoms with E-state index >= 15 is 0 Å². The van der Waals surface area contributed by atoms with Gasteiger partial charge < -0.3 is 5.32 Å². The third-order valence-electron chi connectivity index (χ3n) is 6.14. The Balaban J connectivity index is 1.70. The van der Waals surface area contributed by atoms with Crippen LogP contribution in [0, 0.1) is 5.92 Å². The number of benzene rings is 1. The molecular weight excluding hydrogens is 483 g/mol. The fourth-order valence-corrected chi connectivity index (χ4v) is 4.77. The van der Waals surface area contributed by atoms with Gasteiger partial charge in [-0.15, -0.1) is 0 Å². The second-order valence-electron chi connectivity index (χ2n) is 8.36. The molecule has 1 aromatic carbocycles. The largest absolute Gasteiger partial charge is 0.435 e. The molecule has 2 aromatic heterocycles. The summed E-state index contributed by atoms with van der Waals surface area (Å²) >= 11 is 0. The van der Waals surface area contributed by atoms with Crippen molar-refractivity contribution in [1.29, 1.82) is 0 Å². The van der Waals surface area contributed by atoms with Crippen molar-refractivity contribution in [2.24, 2.45) is 11.1 Å². The first-order valence-electron chi connectivity index (χ1n) is 10.1. The molecule has 14 heteroatoms. The Morgan fingerprint density at radius 3 is 2.38 bits per heavy atom. The van der Waals surface area contributed by atoms with Crippen LogP contribution < -0.4 is 10.5 Å². The Kier molecular flexibility index (Phi) is 6.02. The molecule has 1 saturated heterocycles. The highest BCUT2D eigenvalue weighted by Crippen LogP contribution is 2.39. The van der Waals surface area contributed by atoms with E-state index in [1.165, 1.54) is 0 Å². The molecular formula is C20H21F5N6O2S. The molecule has 1 aliphatic heterocycles. The second kappa shape index (κ2) is 8.43. The van der Waals surface area contributed by atoms with Gasteiger partial charge in [-0.3, -0.25) is 0 Å². The number of hydrogen-bond acceptors (Lipinski definition) is 5. The van der Waals surface area contributed by atoms with Gasteiger partial charge in [-0.1, -0.05) is 37.3 Å². The molecule has 1 fully saturated rings. The van der Waals surface area contributed by atoms with Crippen molar-refractivity contribution < 1.29 is 30.4 Å². The van der Waals surface area contributed by atoms with Crippen molar-refractivity contribution in [3.05, 3.63) is 59.4 Å². The molecule has 34 heavy (non-hydrogen) atoms. The zero-order valence-corrected chi connectivity index (χ0v) is 18.6. The van der Waals surface area contributed by atoms with Gasteiger partial charge in [0.25, 0.3) is 16.6 Å². The molecule has 0 spiro atoms. The third kappa shape index (κ3) is 4.57. The minimum Gasteiger partial charge on any atom is -0.369 e. The smallest absolute Gasteiger partial charge is 0.369 e. The lowest BCUT2D eigenvalue weighted by Crippen LogP contribution is -2.60. The Morgan fingerprint density at radius 2 is 1.82 bits per heavy atom. The lowest BCUT2D eigenvalue weighted by Gasteiger charge is -2.48. The fourth-order valence-electron chi connectivity index (χ4n) is 3.99. The number of nitrogens with one attached hydrogen (secondary N) is 1. The van der Waals surface area contributed by atoms with Crippen molar-refractivity contribution in [3.8, 4) is 0 Å². The molecule has 1 aliphatic rings. The highest BCUT2D eigenvalue weighted by Gasteiger charge is 2.46. The Bertz CT molecular complexity index is 1290. The maximum absolute atomic E-state index is 13.4. The average Bonchev–Trinajstić information content (AvgIpc) is 3.15. The molecule has 3 aromatic rings. The van der Waals surface area contributed by atoms with E-state index in [0.29, 0.717) is 6.07 Å². The highest BCUT2D eigenvalue weighted by molar-refractivity contribution is 7.86. The number of hydrogen-bond donors (Lipinski definition) is 2. The van der Waals surface area contributed by atoms with Gasteiger partial charge in [0.2, 0.25) is 0 Å². The average molecular weight is 504 g/mol. The topological polar surface area (TPSA) is 106 Å². The molecule has 1 atom stereocenters. The van der Waals surface area contributed by atoms with Crippen LogP contribution in [0.5, 0.6) is 0 Å². The van der Waals surface area contributed by atoms with Gasteiger partial charge in [0.15, 0.2) is 11.3 Å². The molecule has 0 amide bonds. The number of halogens is 5. The van der Waals surface area contributed by atoms with Crippen LogP contribution in [0.4, 0.5) is 27.8 Å². The first kappa shape index (κ1) is 24.3. The maximum atomic E-state index is 13.4. The Hall–Kier alpha value is -2.84. The van der Waals surface area contributed by atoms with Crippen molar-refractivity contribution >= 4 is 21.7 Å². The van der Waals surface area contributed by atoms with Crippen LogP contribution in [0.15, 0.2) is 42.5 Å². The van der Waals surface area contributed by atoms with Gasteiger partial charge >= 0.3 is 6.18 Å². The van der Waals surface area contributed by atoms with E-state index < -0.39 is 39.6 Å². The van der Waals surface area contributed by atoms with E-state index in [0.717, 1.165) is 20.5 Å². The molecule has 3 N–H and O–H groups in total. The molecule has 1 unspecified atom stereocenters. The number of fused-ring (bicyclic) bond motifs is 1. The standard InChI is InChI=1S/C20H21F5N6O2S/c1-19(12-5-3-2-4-6-12,13-9-30(10-13)34(26,32)33)11-27-16-7-14(18(21)22)28-17-8-15(20(23,24)25)29-31(16)17/h2-8,13,18,27H,9-11H2,1H3,(H2,26,32,33). The van der Waals surface area contributed by atoms with E-state index in [1.807, 2.05) is 19.1 Å². The van der Waals surface area contributed by atoms with Gasteiger partial charge in [-0.05, 0) is 11.5 Å². The lowest BCUT2D eigenvalue weighted by molar-refractivity contribution is -0.141. The van der Waals surface area contributed by atoms with Gasteiger partial charge in [0.05, 0.1) is 0 Å². The van der Waals surface area contributed by atoms with Crippen molar-refractivity contribution in [1.82, 2.24) is 18.9 Å². The monoisotopic (exact) mass is 504 g/mol. The number of aromatic nitrogens is 3. The summed E-state index contributed by atoms with van der Waals surface area (Å²) in [6, 6.07) is 10.6. The predicted molar refractivity (Wildman–Crippen MR) is 113 cm³/mol. The summed E-state index contributed by atoms with van der Waals surface area (Å²) in [6.45, 7) is 2.22. The predicted octanol–water partition coefficient (Wildman–Crippen LogP) is 3.19. The van der Waals surface area contributed by atoms with E-state index in [1.54, 1.807) is 18.2 Å². The Morgan fingerprint density at radius 1 is 1.18 bits per heavy atom. The van der Waals surface area contributed by atoms with Crippen LogP contribution in [-0.2, 0) is 21.8 Å². The molecule has 0 bridgehead atoms. The first-order chi connectivity index (χ1) is 15.8. The number of alkyl halides is 5. The van der Waals surface area contributed by atoms with Gasteiger partial charge in [-0.25, -0.2) is 18.9 Å². The molecule has 0 aliphatic carbocycles. The first-order valence-corrected chi connectivity index (χ1v) is 11.6. The molecule has 4 rings (SSSR count). The highest BCUT2D eigenvalue weighted by atomic mass is 32.2. The summed E-state index contributed by atoms with van der Waals surface area (Å²) in [5, 5.41) is 11.6. The summed E-state index contributed by atoms with van der Waals surface area (Å²) in [7, 11) is -3.86. The molecule has 184 valence electrons. The zero-order chi connectivity index (χ0) is 24.9. The number of anilines is 1. The summed E-state index contributed by atoms with van der Waals surface area (Å²) in [4.78, 5) is 3.59. The van der Waals surface area contributed by atoms with Crippen molar-refractivity contribution in [3.63, 3.8) is 0 Å². The number of nitrogens with zero attached hydrogens (tertiary/aromatic N) is 4. The summed E-state index contributed by atoms with van der Waals surface area (Å²) in [6.07, 6.45) is -7.79.